The molecule has 4 aromatic carbocycles. The first kappa shape index (κ1) is 26.7. The predicted molar refractivity (Wildman–Crippen MR) is 158 cm³/mol. The Balaban J connectivity index is 1.56. The average Bonchev–Trinajstić information content (AvgIpc) is 3.24. The molecule has 1 heterocycles. The molecule has 0 unspecified atom stereocenters. The summed E-state index contributed by atoms with van der Waals surface area (Å²) in [6, 6.07) is 33.5. The summed E-state index contributed by atoms with van der Waals surface area (Å²) >= 11 is 0. The Bertz CT molecular complexity index is 1620. The van der Waals surface area contributed by atoms with Crippen LogP contribution < -0.4 is 4.74 Å². The Labute approximate surface area is 231 Å². The Hall–Kier alpha value is -3.87. The van der Waals surface area contributed by atoms with Gasteiger partial charge in [0.15, 0.2) is 0 Å². The molecular formula is C33H34N2O3S. The number of hydrogen-bond donors (Lipinski definition) is 0. The molecule has 5 rings (SSSR count). The fourth-order valence-corrected chi connectivity index (χ4v) is 6.74. The third-order valence-corrected chi connectivity index (χ3v) is 8.99. The quantitative estimate of drug-likeness (QED) is 0.197. The summed E-state index contributed by atoms with van der Waals surface area (Å²) in [7, 11) is -2.19. The van der Waals surface area contributed by atoms with Crippen LogP contribution in [0, 0.1) is 13.8 Å². The van der Waals surface area contributed by atoms with E-state index in [1.54, 1.807) is 23.2 Å². The largest absolute Gasteiger partial charge is 0.497 e. The highest BCUT2D eigenvalue weighted by Gasteiger charge is 2.26. The van der Waals surface area contributed by atoms with Gasteiger partial charge in [-0.1, -0.05) is 78.4 Å². The van der Waals surface area contributed by atoms with Gasteiger partial charge in [-0.15, -0.1) is 0 Å². The lowest BCUT2D eigenvalue weighted by Gasteiger charge is -2.23. The highest BCUT2D eigenvalue weighted by molar-refractivity contribution is 7.90. The van der Waals surface area contributed by atoms with E-state index >= 15 is 0 Å². The van der Waals surface area contributed by atoms with Gasteiger partial charge in [0.2, 0.25) is 0 Å². The van der Waals surface area contributed by atoms with E-state index in [1.807, 2.05) is 56.3 Å². The van der Waals surface area contributed by atoms with Crippen molar-refractivity contribution in [3.8, 4) is 5.75 Å². The van der Waals surface area contributed by atoms with Gasteiger partial charge >= 0.3 is 0 Å². The van der Waals surface area contributed by atoms with Crippen LogP contribution in [0.25, 0.3) is 10.9 Å². The average molecular weight is 539 g/mol. The van der Waals surface area contributed by atoms with Gasteiger partial charge in [0.1, 0.15) is 5.75 Å². The van der Waals surface area contributed by atoms with Gasteiger partial charge < -0.3 is 4.74 Å². The zero-order valence-corrected chi connectivity index (χ0v) is 23.5. The molecule has 0 aliphatic carbocycles. The topological polar surface area (TPSA) is 51.5 Å². The van der Waals surface area contributed by atoms with Crippen LogP contribution in [-0.2, 0) is 29.5 Å². The van der Waals surface area contributed by atoms with E-state index in [2.05, 4.69) is 53.4 Å². The monoisotopic (exact) mass is 538 g/mol. The van der Waals surface area contributed by atoms with Crippen molar-refractivity contribution in [1.29, 1.82) is 0 Å². The number of aromatic nitrogens is 1. The van der Waals surface area contributed by atoms with Crippen LogP contribution in [0.4, 0.5) is 0 Å². The van der Waals surface area contributed by atoms with Crippen molar-refractivity contribution >= 4 is 20.9 Å². The maximum atomic E-state index is 14.1. The highest BCUT2D eigenvalue weighted by Crippen LogP contribution is 2.33. The summed E-state index contributed by atoms with van der Waals surface area (Å²) in [5.74, 6) is 0.705. The Morgan fingerprint density at radius 2 is 1.36 bits per heavy atom. The fourth-order valence-electron chi connectivity index (χ4n) is 5.11. The van der Waals surface area contributed by atoms with Crippen LogP contribution in [-0.4, -0.2) is 30.9 Å². The molecule has 39 heavy (non-hydrogen) atoms. The summed E-state index contributed by atoms with van der Waals surface area (Å²) in [4.78, 5) is 2.66. The standard InChI is InChI=1S/C33H34N2O3S/c1-25-14-17-30(18-15-25)39(36,37)35-32(26(2)31-22-29(38-3)16-19-33(31)35)20-21-34(23-27-10-6-4-7-11-27)24-28-12-8-5-9-13-28/h4-19,22H,20-21,23-24H2,1-3H3. The molecule has 0 spiro atoms. The van der Waals surface area contributed by atoms with Gasteiger partial charge in [-0.05, 0) is 60.9 Å². The van der Waals surface area contributed by atoms with Crippen LogP contribution in [0.5, 0.6) is 5.75 Å². The van der Waals surface area contributed by atoms with E-state index < -0.39 is 10.0 Å². The molecule has 200 valence electrons. The Morgan fingerprint density at radius 3 is 1.92 bits per heavy atom. The van der Waals surface area contributed by atoms with Gasteiger partial charge in [0.05, 0.1) is 17.5 Å². The third-order valence-electron chi connectivity index (χ3n) is 7.23. The number of methoxy groups -OCH3 is 1. The summed E-state index contributed by atoms with van der Waals surface area (Å²) in [5, 5.41) is 0.887. The van der Waals surface area contributed by atoms with E-state index in [0.29, 0.717) is 24.2 Å². The van der Waals surface area contributed by atoms with Crippen molar-refractivity contribution in [3.63, 3.8) is 0 Å². The first-order chi connectivity index (χ1) is 18.9. The summed E-state index contributed by atoms with van der Waals surface area (Å²) in [6.45, 7) is 6.21. The van der Waals surface area contributed by atoms with Crippen LogP contribution >= 0.6 is 0 Å². The molecule has 5 aromatic rings. The molecule has 0 saturated carbocycles. The summed E-state index contributed by atoms with van der Waals surface area (Å²) in [6.07, 6.45) is 0.577. The lowest BCUT2D eigenvalue weighted by atomic mass is 10.1. The number of fused-ring (bicyclic) bond motifs is 1. The molecule has 5 nitrogen and oxygen atoms in total. The lowest BCUT2D eigenvalue weighted by Crippen LogP contribution is -2.27. The maximum absolute atomic E-state index is 14.1. The Kier molecular flexibility index (Phi) is 7.87. The van der Waals surface area contributed by atoms with E-state index in [-0.39, 0.29) is 4.90 Å². The van der Waals surface area contributed by atoms with Gasteiger partial charge in [-0.25, -0.2) is 12.4 Å². The molecule has 1 aromatic heterocycles. The minimum absolute atomic E-state index is 0.285. The smallest absolute Gasteiger partial charge is 0.268 e. The van der Waals surface area contributed by atoms with E-state index in [0.717, 1.165) is 35.3 Å². The fraction of sp³-hybridized carbons (Fsp3) is 0.212. The molecule has 0 atom stereocenters. The first-order valence-electron chi connectivity index (χ1n) is 13.2. The molecule has 0 aliphatic heterocycles. The van der Waals surface area contributed by atoms with E-state index in [9.17, 15) is 8.42 Å². The molecule has 0 aliphatic rings. The van der Waals surface area contributed by atoms with Gasteiger partial charge in [-0.2, -0.15) is 0 Å². The number of aryl methyl sites for hydroxylation is 2. The number of hydrogen-bond acceptors (Lipinski definition) is 4. The zero-order valence-electron chi connectivity index (χ0n) is 22.7. The molecule has 0 amide bonds. The summed E-state index contributed by atoms with van der Waals surface area (Å²) < 4.78 is 35.2. The SMILES string of the molecule is COc1ccc2c(c1)c(C)c(CCN(Cc1ccccc1)Cc1ccccc1)n2S(=O)(=O)c1ccc(C)cc1. The zero-order chi connectivity index (χ0) is 27.4. The Morgan fingerprint density at radius 1 is 0.769 bits per heavy atom. The minimum atomic E-state index is -3.82. The van der Waals surface area contributed by atoms with E-state index in [4.69, 9.17) is 4.74 Å². The van der Waals surface area contributed by atoms with Gasteiger partial charge in [0.25, 0.3) is 10.0 Å². The number of ether oxygens (including phenoxy) is 1. The maximum Gasteiger partial charge on any atom is 0.268 e. The van der Waals surface area contributed by atoms with Crippen molar-refractivity contribution in [1.82, 2.24) is 8.87 Å². The third kappa shape index (κ3) is 5.77. The van der Waals surface area contributed by atoms with Crippen LogP contribution in [0.2, 0.25) is 0 Å². The molecule has 0 radical (unpaired) electrons. The first-order valence-corrected chi connectivity index (χ1v) is 14.6. The normalized spacial score (nSPS) is 11.8. The molecular weight excluding hydrogens is 504 g/mol. The van der Waals surface area contributed by atoms with Crippen molar-refractivity contribution in [3.05, 3.63) is 131 Å². The highest BCUT2D eigenvalue weighted by atomic mass is 32.2. The lowest BCUT2D eigenvalue weighted by molar-refractivity contribution is 0.259. The van der Waals surface area contributed by atoms with E-state index in [1.165, 1.54) is 11.1 Å². The second-order valence-electron chi connectivity index (χ2n) is 9.97. The molecule has 0 N–H and O–H groups in total. The molecule has 0 bridgehead atoms. The minimum Gasteiger partial charge on any atom is -0.497 e. The van der Waals surface area contributed by atoms with Gasteiger partial charge in [-0.3, -0.25) is 4.90 Å². The van der Waals surface area contributed by atoms with Crippen LogP contribution in [0.15, 0.2) is 108 Å². The second kappa shape index (κ2) is 11.5. The summed E-state index contributed by atoms with van der Waals surface area (Å²) in [5.41, 5.74) is 5.89. The number of benzene rings is 4. The van der Waals surface area contributed by atoms with Crippen molar-refractivity contribution in [2.75, 3.05) is 13.7 Å². The molecule has 0 saturated heterocycles. The van der Waals surface area contributed by atoms with Crippen LogP contribution in [0.3, 0.4) is 0 Å². The van der Waals surface area contributed by atoms with Gasteiger partial charge in [0, 0.05) is 37.1 Å². The van der Waals surface area contributed by atoms with Crippen LogP contribution in [0.1, 0.15) is 27.9 Å². The molecule has 0 fully saturated rings. The number of nitrogens with zero attached hydrogens (tertiary/aromatic N) is 2. The second-order valence-corrected chi connectivity index (χ2v) is 11.8. The van der Waals surface area contributed by atoms with Crippen molar-refractivity contribution in [2.45, 2.75) is 38.3 Å². The molecule has 6 heteroatoms. The number of rotatable bonds is 10. The van der Waals surface area contributed by atoms with Crippen molar-refractivity contribution in [2.24, 2.45) is 0 Å². The van der Waals surface area contributed by atoms with Crippen molar-refractivity contribution < 1.29 is 13.2 Å². The predicted octanol–water partition coefficient (Wildman–Crippen LogP) is 6.75.